The molecule has 3 N–H and O–H groups in total. The molecule has 0 spiro atoms. The largest absolute Gasteiger partial charge is 0.384 e. The molecule has 3 heteroatoms. The molecule has 0 fully saturated rings. The van der Waals surface area contributed by atoms with Crippen molar-refractivity contribution in [3.8, 4) is 0 Å². The molecular formula is C13H15N3. The van der Waals surface area contributed by atoms with E-state index < -0.39 is 0 Å². The van der Waals surface area contributed by atoms with Crippen LogP contribution in [0.1, 0.15) is 22.4 Å². The average molecular weight is 213 g/mol. The molecule has 1 aromatic carbocycles. The Bertz CT molecular complexity index is 585. The van der Waals surface area contributed by atoms with Crippen molar-refractivity contribution in [1.29, 1.82) is 5.41 Å². The van der Waals surface area contributed by atoms with Crippen molar-refractivity contribution in [1.82, 2.24) is 4.98 Å². The summed E-state index contributed by atoms with van der Waals surface area (Å²) in [6.45, 7) is 5.97. The highest BCUT2D eigenvalue weighted by atomic mass is 14.7. The molecule has 0 aliphatic heterocycles. The maximum atomic E-state index is 7.63. The molecule has 0 aliphatic rings. The Balaban J connectivity index is 3.00. The van der Waals surface area contributed by atoms with Gasteiger partial charge < -0.3 is 5.73 Å². The monoisotopic (exact) mass is 213 g/mol. The summed E-state index contributed by atoms with van der Waals surface area (Å²) < 4.78 is 0. The number of rotatable bonds is 1. The molecule has 0 saturated heterocycles. The molecule has 0 saturated carbocycles. The zero-order valence-corrected chi connectivity index (χ0v) is 9.76. The molecule has 1 aromatic heterocycles. The summed E-state index contributed by atoms with van der Waals surface area (Å²) in [5, 5.41) is 8.63. The standard InChI is InChI=1S/C13H15N3/c1-7-4-5-8(2)12-11(7)10(13(14)15)6-9(3)16-12/h4-6H,1-3H3,(H3,14,15). The number of nitrogens with zero attached hydrogens (tertiary/aromatic N) is 1. The van der Waals surface area contributed by atoms with E-state index in [1.807, 2.05) is 39.0 Å². The lowest BCUT2D eigenvalue weighted by molar-refractivity contribution is 1.22. The first kappa shape index (κ1) is 10.6. The van der Waals surface area contributed by atoms with Crippen LogP contribution in [0.2, 0.25) is 0 Å². The van der Waals surface area contributed by atoms with E-state index in [-0.39, 0.29) is 5.84 Å². The quantitative estimate of drug-likeness (QED) is 0.564. The van der Waals surface area contributed by atoms with Gasteiger partial charge in [-0.1, -0.05) is 12.1 Å². The van der Waals surface area contributed by atoms with E-state index in [1.165, 1.54) is 0 Å². The molecule has 16 heavy (non-hydrogen) atoms. The third kappa shape index (κ3) is 1.54. The van der Waals surface area contributed by atoms with E-state index in [4.69, 9.17) is 11.1 Å². The first-order chi connectivity index (χ1) is 7.50. The minimum atomic E-state index is 0.101. The molecule has 0 bridgehead atoms. The van der Waals surface area contributed by atoms with Gasteiger partial charge in [-0.2, -0.15) is 0 Å². The van der Waals surface area contributed by atoms with E-state index >= 15 is 0 Å². The number of pyridine rings is 1. The lowest BCUT2D eigenvalue weighted by Gasteiger charge is -2.10. The summed E-state index contributed by atoms with van der Waals surface area (Å²) >= 11 is 0. The number of aryl methyl sites for hydroxylation is 3. The minimum absolute atomic E-state index is 0.101. The van der Waals surface area contributed by atoms with E-state index in [0.717, 1.165) is 33.3 Å². The molecule has 0 radical (unpaired) electrons. The predicted octanol–water partition coefficient (Wildman–Crippen LogP) is 2.44. The van der Waals surface area contributed by atoms with Crippen molar-refractivity contribution < 1.29 is 0 Å². The zero-order chi connectivity index (χ0) is 11.9. The normalized spacial score (nSPS) is 10.7. The van der Waals surface area contributed by atoms with Crippen molar-refractivity contribution in [2.24, 2.45) is 5.73 Å². The Hall–Kier alpha value is -1.90. The first-order valence-electron chi connectivity index (χ1n) is 5.22. The summed E-state index contributed by atoms with van der Waals surface area (Å²) in [7, 11) is 0. The van der Waals surface area contributed by atoms with Crippen LogP contribution in [0.4, 0.5) is 0 Å². The third-order valence-corrected chi connectivity index (χ3v) is 2.79. The number of nitrogens with two attached hydrogens (primary N) is 1. The van der Waals surface area contributed by atoms with Crippen LogP contribution in [0, 0.1) is 26.2 Å². The summed E-state index contributed by atoms with van der Waals surface area (Å²) in [4.78, 5) is 4.53. The number of aromatic nitrogens is 1. The highest BCUT2D eigenvalue weighted by Crippen LogP contribution is 2.24. The fraction of sp³-hybridized carbons (Fsp3) is 0.231. The van der Waals surface area contributed by atoms with E-state index in [0.29, 0.717) is 0 Å². The van der Waals surface area contributed by atoms with Crippen LogP contribution in [-0.2, 0) is 0 Å². The second-order valence-corrected chi connectivity index (χ2v) is 4.15. The van der Waals surface area contributed by atoms with Crippen molar-refractivity contribution in [3.63, 3.8) is 0 Å². The smallest absolute Gasteiger partial charge is 0.123 e. The molecule has 2 aromatic rings. The molecule has 0 unspecified atom stereocenters. The summed E-state index contributed by atoms with van der Waals surface area (Å²) in [5.41, 5.74) is 10.5. The summed E-state index contributed by atoms with van der Waals surface area (Å²) in [6.07, 6.45) is 0. The molecule has 82 valence electrons. The van der Waals surface area contributed by atoms with Gasteiger partial charge in [-0.25, -0.2) is 0 Å². The highest BCUT2D eigenvalue weighted by Gasteiger charge is 2.10. The molecular weight excluding hydrogens is 198 g/mol. The Labute approximate surface area is 94.8 Å². The number of amidine groups is 1. The van der Waals surface area contributed by atoms with Crippen LogP contribution >= 0.6 is 0 Å². The maximum Gasteiger partial charge on any atom is 0.123 e. The zero-order valence-electron chi connectivity index (χ0n) is 9.76. The third-order valence-electron chi connectivity index (χ3n) is 2.79. The van der Waals surface area contributed by atoms with Gasteiger partial charge in [0.1, 0.15) is 5.84 Å². The topological polar surface area (TPSA) is 62.8 Å². The Kier molecular flexibility index (Phi) is 2.38. The first-order valence-corrected chi connectivity index (χ1v) is 5.22. The Morgan fingerprint density at radius 2 is 1.81 bits per heavy atom. The molecule has 0 amide bonds. The van der Waals surface area contributed by atoms with E-state index in [2.05, 4.69) is 4.98 Å². The van der Waals surface area contributed by atoms with Gasteiger partial charge in [0.2, 0.25) is 0 Å². The van der Waals surface area contributed by atoms with Gasteiger partial charge in [-0.05, 0) is 38.0 Å². The molecule has 1 heterocycles. The lowest BCUT2D eigenvalue weighted by atomic mass is 9.99. The second-order valence-electron chi connectivity index (χ2n) is 4.15. The Morgan fingerprint density at radius 1 is 1.19 bits per heavy atom. The maximum absolute atomic E-state index is 7.63. The molecule has 0 aliphatic carbocycles. The van der Waals surface area contributed by atoms with Crippen molar-refractivity contribution >= 4 is 16.7 Å². The minimum Gasteiger partial charge on any atom is -0.384 e. The van der Waals surface area contributed by atoms with Crippen LogP contribution in [0.15, 0.2) is 18.2 Å². The van der Waals surface area contributed by atoms with Gasteiger partial charge in [0.15, 0.2) is 0 Å². The number of hydrogen-bond acceptors (Lipinski definition) is 2. The fourth-order valence-corrected chi connectivity index (χ4v) is 1.98. The number of benzene rings is 1. The molecule has 0 atom stereocenters. The van der Waals surface area contributed by atoms with Crippen molar-refractivity contribution in [3.05, 3.63) is 40.6 Å². The van der Waals surface area contributed by atoms with E-state index in [1.54, 1.807) is 0 Å². The second kappa shape index (κ2) is 3.59. The van der Waals surface area contributed by atoms with Gasteiger partial charge in [-0.3, -0.25) is 10.4 Å². The van der Waals surface area contributed by atoms with Crippen LogP contribution in [0.3, 0.4) is 0 Å². The molecule has 3 nitrogen and oxygen atoms in total. The summed E-state index contributed by atoms with van der Waals surface area (Å²) in [5.74, 6) is 0.101. The highest BCUT2D eigenvalue weighted by molar-refractivity contribution is 6.08. The number of hydrogen-bond donors (Lipinski definition) is 2. The van der Waals surface area contributed by atoms with Crippen LogP contribution in [0.5, 0.6) is 0 Å². The fourth-order valence-electron chi connectivity index (χ4n) is 1.98. The Morgan fingerprint density at radius 3 is 2.44 bits per heavy atom. The van der Waals surface area contributed by atoms with Gasteiger partial charge in [0.25, 0.3) is 0 Å². The SMILES string of the molecule is Cc1cc(C(=N)N)c2c(C)ccc(C)c2n1. The lowest BCUT2D eigenvalue weighted by Crippen LogP contribution is -2.13. The van der Waals surface area contributed by atoms with E-state index in [9.17, 15) is 0 Å². The van der Waals surface area contributed by atoms with Gasteiger partial charge >= 0.3 is 0 Å². The molecule has 2 rings (SSSR count). The number of nitrogens with one attached hydrogen (secondary N) is 1. The van der Waals surface area contributed by atoms with Crippen LogP contribution in [-0.4, -0.2) is 10.8 Å². The number of nitrogen functional groups attached to an aromatic ring is 1. The van der Waals surface area contributed by atoms with Gasteiger partial charge in [0.05, 0.1) is 5.52 Å². The summed E-state index contributed by atoms with van der Waals surface area (Å²) in [6, 6.07) is 5.96. The van der Waals surface area contributed by atoms with Gasteiger partial charge in [0, 0.05) is 16.6 Å². The van der Waals surface area contributed by atoms with Gasteiger partial charge in [-0.15, -0.1) is 0 Å². The van der Waals surface area contributed by atoms with Crippen molar-refractivity contribution in [2.75, 3.05) is 0 Å². The van der Waals surface area contributed by atoms with Crippen molar-refractivity contribution in [2.45, 2.75) is 20.8 Å². The predicted molar refractivity (Wildman–Crippen MR) is 67.0 cm³/mol. The van der Waals surface area contributed by atoms with Crippen LogP contribution in [0.25, 0.3) is 10.9 Å². The average Bonchev–Trinajstić information content (AvgIpc) is 2.22. The number of fused-ring (bicyclic) bond motifs is 1. The van der Waals surface area contributed by atoms with Crippen LogP contribution < -0.4 is 5.73 Å².